The van der Waals surface area contributed by atoms with Crippen molar-refractivity contribution >= 4 is 17.4 Å². The van der Waals surface area contributed by atoms with Crippen LogP contribution in [0.25, 0.3) is 0 Å². The van der Waals surface area contributed by atoms with E-state index in [-0.39, 0.29) is 22.5 Å². The van der Waals surface area contributed by atoms with Gasteiger partial charge in [0, 0.05) is 17.5 Å². The number of anilines is 1. The van der Waals surface area contributed by atoms with Gasteiger partial charge in [0.05, 0.1) is 5.41 Å². The van der Waals surface area contributed by atoms with Crippen molar-refractivity contribution in [2.45, 2.75) is 53.4 Å². The molecule has 1 amide bonds. The number of para-hydroxylation sites is 1. The summed E-state index contributed by atoms with van der Waals surface area (Å²) in [6.07, 6.45) is 2.89. The third-order valence-electron chi connectivity index (χ3n) is 6.79. The van der Waals surface area contributed by atoms with Crippen LogP contribution in [0.15, 0.2) is 24.3 Å². The average Bonchev–Trinajstić information content (AvgIpc) is 2.78. The zero-order chi connectivity index (χ0) is 16.2. The highest BCUT2D eigenvalue weighted by molar-refractivity contribution is 6.04. The van der Waals surface area contributed by atoms with Gasteiger partial charge < -0.3 is 5.32 Å². The fourth-order valence-electron chi connectivity index (χ4n) is 4.55. The number of benzene rings is 1. The summed E-state index contributed by atoms with van der Waals surface area (Å²) in [6, 6.07) is 7.92. The topological polar surface area (TPSA) is 46.2 Å². The molecule has 1 aromatic rings. The van der Waals surface area contributed by atoms with E-state index in [0.29, 0.717) is 6.42 Å². The van der Waals surface area contributed by atoms with E-state index in [1.807, 2.05) is 31.2 Å². The van der Waals surface area contributed by atoms with Gasteiger partial charge in [-0.15, -0.1) is 0 Å². The molecule has 2 aliphatic carbocycles. The lowest BCUT2D eigenvalue weighted by atomic mass is 9.64. The zero-order valence-corrected chi connectivity index (χ0v) is 14.0. The first-order valence-corrected chi connectivity index (χ1v) is 8.21. The monoisotopic (exact) mass is 299 g/mol. The average molecular weight is 299 g/mol. The van der Waals surface area contributed by atoms with Gasteiger partial charge in [-0.3, -0.25) is 9.59 Å². The van der Waals surface area contributed by atoms with E-state index < -0.39 is 5.41 Å². The third-order valence-corrected chi connectivity index (χ3v) is 6.79. The lowest BCUT2D eigenvalue weighted by molar-refractivity contribution is -0.131. The second kappa shape index (κ2) is 4.68. The molecule has 0 heterocycles. The van der Waals surface area contributed by atoms with Gasteiger partial charge in [0.1, 0.15) is 5.78 Å². The molecule has 1 aromatic carbocycles. The second-order valence-corrected chi connectivity index (χ2v) is 7.60. The van der Waals surface area contributed by atoms with Crippen LogP contribution in [0, 0.1) is 16.2 Å². The highest BCUT2D eigenvalue weighted by Crippen LogP contribution is 2.70. The van der Waals surface area contributed by atoms with Crippen LogP contribution in [0.4, 0.5) is 5.69 Å². The molecule has 2 bridgehead atoms. The van der Waals surface area contributed by atoms with Crippen LogP contribution < -0.4 is 5.32 Å². The molecule has 2 fully saturated rings. The van der Waals surface area contributed by atoms with Gasteiger partial charge in [-0.2, -0.15) is 0 Å². The number of aryl methyl sites for hydroxylation is 1. The van der Waals surface area contributed by atoms with E-state index in [2.05, 4.69) is 26.1 Å². The maximum absolute atomic E-state index is 13.1. The van der Waals surface area contributed by atoms with Crippen molar-refractivity contribution in [2.24, 2.45) is 16.2 Å². The summed E-state index contributed by atoms with van der Waals surface area (Å²) < 4.78 is 0. The summed E-state index contributed by atoms with van der Waals surface area (Å²) in [6.45, 7) is 8.31. The Hall–Kier alpha value is -1.64. The van der Waals surface area contributed by atoms with Gasteiger partial charge >= 0.3 is 0 Å². The molecule has 118 valence electrons. The van der Waals surface area contributed by atoms with Crippen LogP contribution in [0.3, 0.4) is 0 Å². The zero-order valence-electron chi connectivity index (χ0n) is 14.0. The van der Waals surface area contributed by atoms with Gasteiger partial charge in [-0.05, 0) is 36.3 Å². The Morgan fingerprint density at radius 2 is 1.86 bits per heavy atom. The third kappa shape index (κ3) is 1.68. The van der Waals surface area contributed by atoms with E-state index in [1.165, 1.54) is 0 Å². The minimum atomic E-state index is -0.556. The Balaban J connectivity index is 1.95. The van der Waals surface area contributed by atoms with Crippen LogP contribution >= 0.6 is 0 Å². The summed E-state index contributed by atoms with van der Waals surface area (Å²) in [4.78, 5) is 25.6. The van der Waals surface area contributed by atoms with Crippen LogP contribution in [-0.2, 0) is 16.0 Å². The SMILES string of the molecule is CCc1ccccc1NC(=O)[C@@]12CC[C@](C)(C(=O)C1)C2(C)C. The van der Waals surface area contributed by atoms with Crippen molar-refractivity contribution in [1.29, 1.82) is 0 Å². The summed E-state index contributed by atoms with van der Waals surface area (Å²) in [5, 5.41) is 3.12. The van der Waals surface area contributed by atoms with Crippen molar-refractivity contribution in [2.75, 3.05) is 5.32 Å². The van der Waals surface area contributed by atoms with Gasteiger partial charge in [0.2, 0.25) is 5.91 Å². The molecular formula is C19H25NO2. The van der Waals surface area contributed by atoms with Crippen LogP contribution in [0.2, 0.25) is 0 Å². The van der Waals surface area contributed by atoms with Crippen molar-refractivity contribution in [1.82, 2.24) is 0 Å². The summed E-state index contributed by atoms with van der Waals surface area (Å²) >= 11 is 0. The minimum Gasteiger partial charge on any atom is -0.325 e. The lowest BCUT2D eigenvalue weighted by Gasteiger charge is -2.38. The van der Waals surface area contributed by atoms with E-state index in [9.17, 15) is 9.59 Å². The van der Waals surface area contributed by atoms with Gasteiger partial charge in [-0.25, -0.2) is 0 Å². The normalized spacial score (nSPS) is 32.3. The van der Waals surface area contributed by atoms with Gasteiger partial charge in [0.15, 0.2) is 0 Å². The van der Waals surface area contributed by atoms with Crippen molar-refractivity contribution in [3.63, 3.8) is 0 Å². The highest BCUT2D eigenvalue weighted by Gasteiger charge is 2.72. The fourth-order valence-corrected chi connectivity index (χ4v) is 4.55. The smallest absolute Gasteiger partial charge is 0.231 e. The Bertz CT molecular complexity index is 649. The molecule has 22 heavy (non-hydrogen) atoms. The number of hydrogen-bond acceptors (Lipinski definition) is 2. The summed E-state index contributed by atoms with van der Waals surface area (Å²) in [5.41, 5.74) is 0.819. The standard InChI is InChI=1S/C19H25NO2/c1-5-13-8-6-7-9-14(13)20-16(22)19-11-10-18(4,15(21)12-19)17(19,2)3/h6-9H,5,10-12H2,1-4H3,(H,20,22)/t18-,19-/m1/s1. The molecule has 0 spiro atoms. The molecule has 0 aromatic heterocycles. The quantitative estimate of drug-likeness (QED) is 0.918. The van der Waals surface area contributed by atoms with Crippen molar-refractivity contribution in [3.8, 4) is 0 Å². The Morgan fingerprint density at radius 1 is 1.18 bits per heavy atom. The van der Waals surface area contributed by atoms with Crippen LogP contribution in [0.5, 0.6) is 0 Å². The first-order chi connectivity index (χ1) is 10.3. The first kappa shape index (κ1) is 15.3. The minimum absolute atomic E-state index is 0.0213. The van der Waals surface area contributed by atoms with Gasteiger partial charge in [-0.1, -0.05) is 45.9 Å². The summed E-state index contributed by atoms with van der Waals surface area (Å²) in [5.74, 6) is 0.274. The second-order valence-electron chi connectivity index (χ2n) is 7.60. The van der Waals surface area contributed by atoms with Crippen LogP contribution in [0.1, 0.15) is 52.5 Å². The fraction of sp³-hybridized carbons (Fsp3) is 0.579. The molecule has 0 unspecified atom stereocenters. The van der Waals surface area contributed by atoms with E-state index in [4.69, 9.17) is 0 Å². The molecule has 3 rings (SSSR count). The Labute approximate surface area is 132 Å². The van der Waals surface area contributed by atoms with E-state index >= 15 is 0 Å². The number of hydrogen-bond donors (Lipinski definition) is 1. The number of rotatable bonds is 3. The molecule has 1 N–H and O–H groups in total. The number of amides is 1. The van der Waals surface area contributed by atoms with Crippen molar-refractivity contribution in [3.05, 3.63) is 29.8 Å². The largest absolute Gasteiger partial charge is 0.325 e. The Kier molecular flexibility index (Phi) is 3.24. The number of carbonyl (C=O) groups is 2. The van der Waals surface area contributed by atoms with E-state index in [1.54, 1.807) is 0 Å². The first-order valence-electron chi connectivity index (χ1n) is 8.21. The summed E-state index contributed by atoms with van der Waals surface area (Å²) in [7, 11) is 0. The molecule has 3 heteroatoms. The predicted molar refractivity (Wildman–Crippen MR) is 87.6 cm³/mol. The Morgan fingerprint density at radius 3 is 2.41 bits per heavy atom. The predicted octanol–water partition coefficient (Wildman–Crippen LogP) is 3.97. The number of carbonyl (C=O) groups excluding carboxylic acids is 2. The molecule has 2 aliphatic rings. The molecule has 0 aliphatic heterocycles. The maximum Gasteiger partial charge on any atom is 0.231 e. The number of Topliss-reactive ketones (excluding diaryl/α,β-unsaturated/α-hetero) is 1. The van der Waals surface area contributed by atoms with E-state index in [0.717, 1.165) is 30.5 Å². The molecule has 2 saturated carbocycles. The number of nitrogens with one attached hydrogen (secondary N) is 1. The van der Waals surface area contributed by atoms with Crippen LogP contribution in [-0.4, -0.2) is 11.7 Å². The molecular weight excluding hydrogens is 274 g/mol. The lowest BCUT2D eigenvalue weighted by Crippen LogP contribution is -2.43. The molecule has 0 radical (unpaired) electrons. The highest BCUT2D eigenvalue weighted by atomic mass is 16.2. The van der Waals surface area contributed by atoms with Crippen molar-refractivity contribution < 1.29 is 9.59 Å². The molecule has 3 nitrogen and oxygen atoms in total. The number of fused-ring (bicyclic) bond motifs is 2. The van der Waals surface area contributed by atoms with Gasteiger partial charge in [0.25, 0.3) is 0 Å². The molecule has 0 saturated heterocycles. The molecule has 2 atom stereocenters. The number of ketones is 1. The maximum atomic E-state index is 13.1.